The Morgan fingerprint density at radius 1 is 0.556 bits per heavy atom. The molecule has 0 aromatic heterocycles. The van der Waals surface area contributed by atoms with Gasteiger partial charge in [-0.15, -0.1) is 0 Å². The smallest absolute Gasteiger partial charge is 0.462 e. The maximum atomic E-state index is 12.6. The zero-order valence-corrected chi connectivity index (χ0v) is 36.1. The van der Waals surface area contributed by atoms with Crippen molar-refractivity contribution < 1.29 is 37.6 Å². The number of ether oxygens (including phenoxy) is 2. The van der Waals surface area contributed by atoms with Crippen LogP contribution >= 0.6 is 7.82 Å². The van der Waals surface area contributed by atoms with Gasteiger partial charge in [-0.3, -0.25) is 18.6 Å². The van der Waals surface area contributed by atoms with Crippen molar-refractivity contribution in [2.75, 3.05) is 33.4 Å². The lowest BCUT2D eigenvalue weighted by Gasteiger charge is -2.20. The lowest BCUT2D eigenvalue weighted by molar-refractivity contribution is -0.161. The van der Waals surface area contributed by atoms with Crippen molar-refractivity contribution in [3.63, 3.8) is 0 Å². The van der Waals surface area contributed by atoms with Crippen LogP contribution in [0.1, 0.15) is 206 Å². The molecule has 0 fully saturated rings. The highest BCUT2D eigenvalue weighted by atomic mass is 31.2. The highest BCUT2D eigenvalue weighted by molar-refractivity contribution is 7.47. The molecule has 0 amide bonds. The molecule has 0 aliphatic rings. The molecule has 318 valence electrons. The summed E-state index contributed by atoms with van der Waals surface area (Å²) in [6.07, 6.45) is 42.2. The molecule has 0 spiro atoms. The molecule has 2 unspecified atom stereocenters. The van der Waals surface area contributed by atoms with Gasteiger partial charge in [-0.2, -0.15) is 0 Å². The molecule has 54 heavy (non-hydrogen) atoms. The number of phosphoric ester groups is 1. The second-order valence-electron chi connectivity index (χ2n) is 14.9. The average Bonchev–Trinajstić information content (AvgIpc) is 3.15. The van der Waals surface area contributed by atoms with Crippen LogP contribution in [0.25, 0.3) is 0 Å². The van der Waals surface area contributed by atoms with Crippen LogP contribution in [0.2, 0.25) is 0 Å². The number of nitrogens with one attached hydrogen (secondary N) is 1. The highest BCUT2D eigenvalue weighted by Gasteiger charge is 2.26. The molecular weight excluding hydrogens is 701 g/mol. The molecular formula is C44H84NO8P. The maximum absolute atomic E-state index is 12.6. The average molecular weight is 786 g/mol. The van der Waals surface area contributed by atoms with Crippen LogP contribution in [0.3, 0.4) is 0 Å². The molecule has 2 atom stereocenters. The Hall–Kier alpha value is -1.51. The molecule has 0 radical (unpaired) electrons. The Balaban J connectivity index is 4.21. The Kier molecular flexibility index (Phi) is 40.0. The number of hydrogen-bond donors (Lipinski definition) is 2. The van der Waals surface area contributed by atoms with Crippen molar-refractivity contribution in [1.82, 2.24) is 5.32 Å². The van der Waals surface area contributed by atoms with E-state index in [2.05, 4.69) is 43.5 Å². The third kappa shape index (κ3) is 40.2. The van der Waals surface area contributed by atoms with Crippen molar-refractivity contribution >= 4 is 19.8 Å². The van der Waals surface area contributed by atoms with Gasteiger partial charge >= 0.3 is 19.8 Å². The van der Waals surface area contributed by atoms with E-state index >= 15 is 0 Å². The number of phosphoric acid groups is 1. The number of esters is 2. The van der Waals surface area contributed by atoms with E-state index in [-0.39, 0.29) is 32.0 Å². The van der Waals surface area contributed by atoms with E-state index < -0.39 is 26.5 Å². The van der Waals surface area contributed by atoms with Crippen molar-refractivity contribution in [2.45, 2.75) is 213 Å². The molecule has 0 bridgehead atoms. The molecule has 0 aromatic rings. The molecule has 0 aliphatic carbocycles. The van der Waals surface area contributed by atoms with Gasteiger partial charge in [0.1, 0.15) is 6.61 Å². The minimum Gasteiger partial charge on any atom is -0.462 e. The van der Waals surface area contributed by atoms with Crippen molar-refractivity contribution in [1.29, 1.82) is 0 Å². The summed E-state index contributed by atoms with van der Waals surface area (Å²) in [6, 6.07) is 0. The topological polar surface area (TPSA) is 120 Å². The first-order valence-electron chi connectivity index (χ1n) is 22.3. The fourth-order valence-corrected chi connectivity index (χ4v) is 6.88. The van der Waals surface area contributed by atoms with Gasteiger partial charge in [0.05, 0.1) is 13.2 Å². The Morgan fingerprint density at radius 2 is 0.944 bits per heavy atom. The molecule has 0 aromatic carbocycles. The van der Waals surface area contributed by atoms with E-state index in [1.807, 2.05) is 0 Å². The number of allylic oxidation sites excluding steroid dienone is 4. The van der Waals surface area contributed by atoms with E-state index in [0.29, 0.717) is 13.0 Å². The predicted molar refractivity (Wildman–Crippen MR) is 225 cm³/mol. The van der Waals surface area contributed by atoms with E-state index in [0.717, 1.165) is 51.4 Å². The van der Waals surface area contributed by atoms with Gasteiger partial charge < -0.3 is 19.7 Å². The van der Waals surface area contributed by atoms with E-state index in [4.69, 9.17) is 18.5 Å². The minimum absolute atomic E-state index is 0.0180. The highest BCUT2D eigenvalue weighted by Crippen LogP contribution is 2.43. The number of unbranched alkanes of at least 4 members (excludes halogenated alkanes) is 24. The first-order valence-corrected chi connectivity index (χ1v) is 23.8. The molecule has 0 aliphatic heterocycles. The number of carbonyl (C=O) groups is 2. The van der Waals surface area contributed by atoms with Crippen LogP contribution in [-0.2, 0) is 32.7 Å². The van der Waals surface area contributed by atoms with Gasteiger partial charge in [0, 0.05) is 19.4 Å². The van der Waals surface area contributed by atoms with Crippen molar-refractivity contribution in [2.24, 2.45) is 0 Å². The quantitative estimate of drug-likeness (QED) is 0.0270. The zero-order valence-electron chi connectivity index (χ0n) is 35.2. The number of carbonyl (C=O) groups excluding carboxylic acids is 2. The lowest BCUT2D eigenvalue weighted by atomic mass is 10.1. The van der Waals surface area contributed by atoms with Gasteiger partial charge in [0.15, 0.2) is 6.10 Å². The SMILES string of the molecule is CCCCCCCC/C=C\CCCCCCCCCC(=O)OCC(COP(=O)(O)OCCNC)OC(=O)CCCCCCC/C=C\CCCCCCCC. The number of hydrogen-bond acceptors (Lipinski definition) is 8. The molecule has 9 nitrogen and oxygen atoms in total. The molecule has 10 heteroatoms. The molecule has 0 saturated heterocycles. The summed E-state index contributed by atoms with van der Waals surface area (Å²) in [4.78, 5) is 35.1. The van der Waals surface area contributed by atoms with Crippen LogP contribution in [0.15, 0.2) is 24.3 Å². The summed E-state index contributed by atoms with van der Waals surface area (Å²) in [7, 11) is -2.65. The summed E-state index contributed by atoms with van der Waals surface area (Å²) in [5.41, 5.74) is 0. The van der Waals surface area contributed by atoms with E-state index in [1.165, 1.54) is 122 Å². The minimum atomic E-state index is -4.35. The summed E-state index contributed by atoms with van der Waals surface area (Å²) >= 11 is 0. The Bertz CT molecular complexity index is 944. The molecule has 0 rings (SSSR count). The number of likely N-dealkylation sites (N-methyl/N-ethyl adjacent to an activating group) is 1. The summed E-state index contributed by atoms with van der Waals surface area (Å²) in [5, 5.41) is 2.82. The van der Waals surface area contributed by atoms with Crippen molar-refractivity contribution in [3.8, 4) is 0 Å². The van der Waals surface area contributed by atoms with Crippen LogP contribution in [0.4, 0.5) is 0 Å². The first kappa shape index (κ1) is 52.5. The standard InChI is InChI=1S/C44H84NO8P/c1-4-6-8-10-12-14-16-18-20-21-23-24-26-28-30-32-34-36-43(46)50-40-42(41-52-54(48,49)51-39-38-45-3)53-44(47)37-35-33-31-29-27-25-22-19-17-15-13-11-9-7-5-2/h18-20,22,42,45H,4-17,21,23-41H2,1-3H3,(H,48,49)/b20-18-,22-19-. The number of rotatable bonds is 42. The van der Waals surface area contributed by atoms with E-state index in [9.17, 15) is 19.0 Å². The Morgan fingerprint density at radius 3 is 1.37 bits per heavy atom. The molecule has 0 heterocycles. The zero-order chi connectivity index (χ0) is 39.6. The normalized spacial score (nSPS) is 13.5. The van der Waals surface area contributed by atoms with Crippen LogP contribution in [0, 0.1) is 0 Å². The van der Waals surface area contributed by atoms with Crippen LogP contribution in [-0.4, -0.2) is 56.3 Å². The first-order chi connectivity index (χ1) is 26.3. The lowest BCUT2D eigenvalue weighted by Crippen LogP contribution is -2.29. The third-order valence-corrected chi connectivity index (χ3v) is 10.5. The predicted octanol–water partition coefficient (Wildman–Crippen LogP) is 12.6. The monoisotopic (exact) mass is 786 g/mol. The second-order valence-corrected chi connectivity index (χ2v) is 16.3. The van der Waals surface area contributed by atoms with Gasteiger partial charge in [0.2, 0.25) is 0 Å². The molecule has 0 saturated carbocycles. The van der Waals surface area contributed by atoms with Gasteiger partial charge in [-0.25, -0.2) is 4.57 Å². The summed E-state index contributed by atoms with van der Waals surface area (Å²) in [6.45, 7) is 4.22. The van der Waals surface area contributed by atoms with Gasteiger partial charge in [0.25, 0.3) is 0 Å². The van der Waals surface area contributed by atoms with Crippen LogP contribution in [0.5, 0.6) is 0 Å². The summed E-state index contributed by atoms with van der Waals surface area (Å²) in [5.74, 6) is -0.816. The van der Waals surface area contributed by atoms with Crippen LogP contribution < -0.4 is 5.32 Å². The third-order valence-electron chi connectivity index (χ3n) is 9.54. The Labute approximate surface area is 332 Å². The fourth-order valence-electron chi connectivity index (χ4n) is 6.13. The van der Waals surface area contributed by atoms with E-state index in [1.54, 1.807) is 7.05 Å². The van der Waals surface area contributed by atoms with Gasteiger partial charge in [-0.1, -0.05) is 154 Å². The maximum Gasteiger partial charge on any atom is 0.472 e. The van der Waals surface area contributed by atoms with Crippen molar-refractivity contribution in [3.05, 3.63) is 24.3 Å². The largest absolute Gasteiger partial charge is 0.472 e. The molecule has 2 N–H and O–H groups in total. The second kappa shape index (κ2) is 41.1. The fraction of sp³-hybridized carbons (Fsp3) is 0.864. The van der Waals surface area contributed by atoms with Gasteiger partial charge in [-0.05, 0) is 71.3 Å². The summed E-state index contributed by atoms with van der Waals surface area (Å²) < 4.78 is 33.2.